The number of nitrogens with one attached hydrogen (secondary N) is 3. The lowest BCUT2D eigenvalue weighted by Crippen LogP contribution is -2.33. The lowest BCUT2D eigenvalue weighted by molar-refractivity contribution is 0.0950. The molecule has 0 saturated heterocycles. The summed E-state index contributed by atoms with van der Waals surface area (Å²) in [6.07, 6.45) is 10.3. The minimum absolute atomic E-state index is 0.125. The highest BCUT2D eigenvalue weighted by molar-refractivity contribution is 7.98. The van der Waals surface area contributed by atoms with Crippen LogP contribution in [0.2, 0.25) is 0 Å². The van der Waals surface area contributed by atoms with E-state index in [0.717, 1.165) is 28.2 Å². The van der Waals surface area contributed by atoms with Crippen molar-refractivity contribution in [3.05, 3.63) is 88.8 Å². The molecule has 3 aliphatic rings. The van der Waals surface area contributed by atoms with Crippen molar-refractivity contribution in [2.75, 3.05) is 24.3 Å². The number of thioether (sulfide) groups is 1. The molecule has 0 radical (unpaired) electrons. The van der Waals surface area contributed by atoms with Crippen molar-refractivity contribution in [2.24, 2.45) is 0 Å². The van der Waals surface area contributed by atoms with Crippen molar-refractivity contribution < 1.29 is 9.53 Å². The van der Waals surface area contributed by atoms with Gasteiger partial charge in [-0.15, -0.1) is 11.8 Å². The molecule has 1 fully saturated rings. The highest BCUT2D eigenvalue weighted by Crippen LogP contribution is 2.36. The topological polar surface area (TPSA) is 77.5 Å². The number of carbonyl (C=O) groups is 1. The van der Waals surface area contributed by atoms with Crippen LogP contribution in [0.1, 0.15) is 35.7 Å². The van der Waals surface area contributed by atoms with E-state index < -0.39 is 0 Å². The van der Waals surface area contributed by atoms with Crippen LogP contribution < -0.4 is 20.3 Å². The van der Waals surface area contributed by atoms with Gasteiger partial charge in [0.25, 0.3) is 5.91 Å². The van der Waals surface area contributed by atoms with Gasteiger partial charge in [-0.1, -0.05) is 12.1 Å². The van der Waals surface area contributed by atoms with Gasteiger partial charge >= 0.3 is 0 Å². The molecule has 5 rings (SSSR count). The number of hydrogen-bond acceptors (Lipinski definition) is 6. The first kappa shape index (κ1) is 23.3. The molecule has 0 bridgehead atoms. The first-order chi connectivity index (χ1) is 17.0. The van der Waals surface area contributed by atoms with Crippen molar-refractivity contribution in [2.45, 2.75) is 37.2 Å². The number of hydrogen-bond donors (Lipinski definition) is 3. The van der Waals surface area contributed by atoms with Crippen molar-refractivity contribution >= 4 is 29.1 Å². The minimum Gasteiger partial charge on any atom is -0.490 e. The molecule has 35 heavy (non-hydrogen) atoms. The summed E-state index contributed by atoms with van der Waals surface area (Å²) >= 11 is 1.70. The molecule has 6 nitrogen and oxygen atoms in total. The van der Waals surface area contributed by atoms with Crippen LogP contribution in [-0.4, -0.2) is 37.1 Å². The second kappa shape index (κ2) is 10.0. The number of carbonyl (C=O) groups excluding carboxylic acids is 1. The third-order valence-electron chi connectivity index (χ3n) is 6.41. The van der Waals surface area contributed by atoms with E-state index >= 15 is 0 Å². The number of allylic oxidation sites excluding steroid dienone is 5. The summed E-state index contributed by atoms with van der Waals surface area (Å²) in [5.41, 5.74) is 6.06. The van der Waals surface area contributed by atoms with E-state index in [2.05, 4.69) is 33.7 Å². The van der Waals surface area contributed by atoms with E-state index in [9.17, 15) is 4.79 Å². The van der Waals surface area contributed by atoms with Crippen molar-refractivity contribution in [3.63, 3.8) is 0 Å². The van der Waals surface area contributed by atoms with Gasteiger partial charge in [0.05, 0.1) is 17.9 Å². The maximum Gasteiger partial charge on any atom is 0.251 e. The van der Waals surface area contributed by atoms with Crippen LogP contribution in [0, 0.1) is 5.41 Å². The molecule has 180 valence electrons. The summed E-state index contributed by atoms with van der Waals surface area (Å²) in [6.45, 7) is 3.76. The summed E-state index contributed by atoms with van der Waals surface area (Å²) in [6, 6.07) is 14.4. The second-order valence-electron chi connectivity index (χ2n) is 8.99. The van der Waals surface area contributed by atoms with Crippen LogP contribution in [0.4, 0.5) is 5.69 Å². The molecule has 1 amide bonds. The zero-order valence-electron chi connectivity index (χ0n) is 20.1. The summed E-state index contributed by atoms with van der Waals surface area (Å²) in [5.74, 6) is 0.571. The predicted molar refractivity (Wildman–Crippen MR) is 142 cm³/mol. The van der Waals surface area contributed by atoms with Crippen molar-refractivity contribution in [1.82, 2.24) is 10.6 Å². The summed E-state index contributed by atoms with van der Waals surface area (Å²) in [4.78, 5) is 16.2. The molecule has 1 heterocycles. The van der Waals surface area contributed by atoms with Crippen LogP contribution >= 0.6 is 11.8 Å². The Hall–Kier alpha value is -3.45. The minimum atomic E-state index is -0.125. The van der Waals surface area contributed by atoms with Crippen molar-refractivity contribution in [1.29, 1.82) is 5.41 Å². The van der Waals surface area contributed by atoms with E-state index in [1.54, 1.807) is 11.8 Å². The number of rotatable bonds is 7. The fraction of sp³-hybridized carbons (Fsp3) is 0.286. The van der Waals surface area contributed by atoms with Crippen LogP contribution in [0.25, 0.3) is 0 Å². The Morgan fingerprint density at radius 1 is 1.17 bits per heavy atom. The van der Waals surface area contributed by atoms with E-state index in [-0.39, 0.29) is 5.91 Å². The molecule has 3 N–H and O–H groups in total. The zero-order valence-corrected chi connectivity index (χ0v) is 20.9. The van der Waals surface area contributed by atoms with Crippen molar-refractivity contribution in [3.8, 4) is 5.75 Å². The number of anilines is 1. The van der Waals surface area contributed by atoms with E-state index in [0.29, 0.717) is 42.8 Å². The molecule has 0 spiro atoms. The third kappa shape index (κ3) is 5.30. The van der Waals surface area contributed by atoms with Gasteiger partial charge in [0, 0.05) is 40.0 Å². The standard InChI is InChI=1S/C28H30N4O2S/c1-18(31-21-6-7-21)24-16-22(8-11-25(24)29)32-13-14-34-27-15-20(5-12-26(27)32)28(33)30-17-19-3-9-23(35-2)10-4-19/h3-5,8-12,15-16,21,29,31H,6-7,13-14,17H2,1-2H3,(H,30,33)/b24-18-,29-25?. The summed E-state index contributed by atoms with van der Waals surface area (Å²) in [7, 11) is 0. The highest BCUT2D eigenvalue weighted by Gasteiger charge is 2.25. The average Bonchev–Trinajstić information content (AvgIpc) is 3.71. The van der Waals surface area contributed by atoms with E-state index in [1.165, 1.54) is 17.7 Å². The highest BCUT2D eigenvalue weighted by atomic mass is 32.2. The normalized spacial score (nSPS) is 18.4. The van der Waals surface area contributed by atoms with Gasteiger partial charge in [-0.05, 0) is 80.1 Å². The number of amides is 1. The second-order valence-corrected chi connectivity index (χ2v) is 9.87. The molecule has 2 aromatic carbocycles. The molecule has 1 saturated carbocycles. The molecule has 0 unspecified atom stereocenters. The Labute approximate surface area is 210 Å². The van der Waals surface area contributed by atoms with E-state index in [1.807, 2.05) is 55.7 Å². The first-order valence-electron chi connectivity index (χ1n) is 11.9. The third-order valence-corrected chi connectivity index (χ3v) is 7.16. The Bertz CT molecular complexity index is 1240. The van der Waals surface area contributed by atoms with Gasteiger partial charge in [-0.3, -0.25) is 4.79 Å². The van der Waals surface area contributed by atoms with Crippen LogP contribution in [0.15, 0.2) is 82.6 Å². The number of benzene rings is 2. The molecular weight excluding hydrogens is 456 g/mol. The molecule has 2 aromatic rings. The largest absolute Gasteiger partial charge is 0.490 e. The van der Waals surface area contributed by atoms with Gasteiger partial charge in [-0.2, -0.15) is 0 Å². The van der Waals surface area contributed by atoms with Crippen LogP contribution in [-0.2, 0) is 6.54 Å². The van der Waals surface area contributed by atoms with Gasteiger partial charge < -0.3 is 25.7 Å². The summed E-state index contributed by atoms with van der Waals surface area (Å²) in [5, 5.41) is 14.9. The van der Waals surface area contributed by atoms with Gasteiger partial charge in [0.1, 0.15) is 12.4 Å². The average molecular weight is 487 g/mol. The maximum atomic E-state index is 12.8. The quantitative estimate of drug-likeness (QED) is 0.478. The lowest BCUT2D eigenvalue weighted by atomic mass is 10.00. The molecule has 1 aliphatic heterocycles. The van der Waals surface area contributed by atoms with Gasteiger partial charge in [0.2, 0.25) is 0 Å². The molecule has 0 atom stereocenters. The van der Waals surface area contributed by atoms with Gasteiger partial charge in [0.15, 0.2) is 0 Å². The smallest absolute Gasteiger partial charge is 0.251 e. The number of nitrogens with zero attached hydrogens (tertiary/aromatic N) is 1. The summed E-state index contributed by atoms with van der Waals surface area (Å²) < 4.78 is 5.94. The Balaban J connectivity index is 1.32. The van der Waals surface area contributed by atoms with E-state index in [4.69, 9.17) is 10.1 Å². The Morgan fingerprint density at radius 3 is 2.71 bits per heavy atom. The van der Waals surface area contributed by atoms with Crippen LogP contribution in [0.3, 0.4) is 0 Å². The predicted octanol–water partition coefficient (Wildman–Crippen LogP) is 5.04. The van der Waals surface area contributed by atoms with Crippen LogP contribution in [0.5, 0.6) is 5.75 Å². The van der Waals surface area contributed by atoms with Gasteiger partial charge in [-0.25, -0.2) is 0 Å². The molecule has 7 heteroatoms. The molecule has 2 aliphatic carbocycles. The number of ether oxygens (including phenoxy) is 1. The zero-order chi connectivity index (χ0) is 24.4. The Kier molecular flexibility index (Phi) is 6.68. The SMILES string of the molecule is CSc1ccc(CNC(=O)c2ccc3c(c2)OCCN3C2=C/C(=C(\C)NC3CC3)C(=N)C=C2)cc1. The Morgan fingerprint density at radius 2 is 1.97 bits per heavy atom. The molecule has 0 aromatic heterocycles. The fourth-order valence-corrected chi connectivity index (χ4v) is 4.69. The first-order valence-corrected chi connectivity index (χ1v) is 13.2. The number of fused-ring (bicyclic) bond motifs is 1. The molecular formula is C28H30N4O2S. The fourth-order valence-electron chi connectivity index (χ4n) is 4.28. The maximum absolute atomic E-state index is 12.8. The lowest BCUT2D eigenvalue weighted by Gasteiger charge is -2.33. The monoisotopic (exact) mass is 486 g/mol.